The number of morpholine rings is 1. The highest BCUT2D eigenvalue weighted by Gasteiger charge is 2.27. The van der Waals surface area contributed by atoms with E-state index in [1.165, 1.54) is 22.5 Å². The quantitative estimate of drug-likeness (QED) is 0.645. The Morgan fingerprint density at radius 2 is 1.81 bits per heavy atom. The number of carbonyl (C=O) groups is 2. The van der Waals surface area contributed by atoms with Crippen LogP contribution in [0.5, 0.6) is 0 Å². The minimum atomic E-state index is -3.81. The summed E-state index contributed by atoms with van der Waals surface area (Å²) in [5.41, 5.74) is -0.270. The molecule has 1 aliphatic rings. The van der Waals surface area contributed by atoms with Gasteiger partial charge in [-0.05, 0) is 36.4 Å². The highest BCUT2D eigenvalue weighted by molar-refractivity contribution is 7.89. The van der Waals surface area contributed by atoms with Gasteiger partial charge in [0.05, 0.1) is 34.4 Å². The maximum atomic E-state index is 13.2. The zero-order valence-electron chi connectivity index (χ0n) is 15.9. The molecule has 0 bridgehead atoms. The van der Waals surface area contributed by atoms with E-state index in [0.29, 0.717) is 6.07 Å². The van der Waals surface area contributed by atoms with Gasteiger partial charge >= 0.3 is 5.97 Å². The Bertz CT molecular complexity index is 1110. The molecule has 3 rings (SSSR count). The first-order chi connectivity index (χ1) is 14.7. The van der Waals surface area contributed by atoms with E-state index in [0.717, 1.165) is 12.1 Å². The van der Waals surface area contributed by atoms with E-state index < -0.39 is 40.1 Å². The van der Waals surface area contributed by atoms with Gasteiger partial charge in [-0.1, -0.05) is 11.6 Å². The lowest BCUT2D eigenvalue weighted by Crippen LogP contribution is -2.40. The molecule has 1 fully saturated rings. The van der Waals surface area contributed by atoms with E-state index in [2.05, 4.69) is 5.32 Å². The van der Waals surface area contributed by atoms with Crippen molar-refractivity contribution in [2.75, 3.05) is 38.2 Å². The summed E-state index contributed by atoms with van der Waals surface area (Å²) in [7, 11) is -3.81. The number of carbonyl (C=O) groups excluding carboxylic acids is 2. The minimum absolute atomic E-state index is 0.00452. The van der Waals surface area contributed by atoms with E-state index in [1.807, 2.05) is 0 Å². The normalized spacial score (nSPS) is 14.8. The van der Waals surface area contributed by atoms with E-state index in [-0.39, 0.29) is 47.5 Å². The van der Waals surface area contributed by atoms with Crippen LogP contribution in [0.25, 0.3) is 0 Å². The number of hydrogen-bond acceptors (Lipinski definition) is 6. The summed E-state index contributed by atoms with van der Waals surface area (Å²) in [6.45, 7) is 0.202. The van der Waals surface area contributed by atoms with Crippen LogP contribution in [0.15, 0.2) is 41.3 Å². The molecule has 0 aromatic heterocycles. The van der Waals surface area contributed by atoms with Gasteiger partial charge in [0.25, 0.3) is 5.91 Å². The van der Waals surface area contributed by atoms with Gasteiger partial charge in [-0.3, -0.25) is 4.79 Å². The van der Waals surface area contributed by atoms with Crippen molar-refractivity contribution in [3.8, 4) is 0 Å². The van der Waals surface area contributed by atoms with Gasteiger partial charge in [-0.2, -0.15) is 4.31 Å². The summed E-state index contributed by atoms with van der Waals surface area (Å²) in [5.74, 6) is -4.21. The van der Waals surface area contributed by atoms with Crippen molar-refractivity contribution >= 4 is 39.2 Å². The average Bonchev–Trinajstić information content (AvgIpc) is 2.76. The number of halogens is 3. The smallest absolute Gasteiger partial charge is 0.338 e. The van der Waals surface area contributed by atoms with Crippen LogP contribution >= 0.6 is 11.6 Å². The van der Waals surface area contributed by atoms with Gasteiger partial charge in [0, 0.05) is 13.1 Å². The largest absolute Gasteiger partial charge is 0.452 e. The van der Waals surface area contributed by atoms with Gasteiger partial charge in [0.2, 0.25) is 10.0 Å². The van der Waals surface area contributed by atoms with Gasteiger partial charge in [-0.15, -0.1) is 0 Å². The second kappa shape index (κ2) is 9.69. The van der Waals surface area contributed by atoms with Crippen LogP contribution < -0.4 is 5.32 Å². The molecule has 0 saturated carbocycles. The highest BCUT2D eigenvalue weighted by atomic mass is 35.5. The Hall–Kier alpha value is -2.60. The van der Waals surface area contributed by atoms with Crippen molar-refractivity contribution < 1.29 is 36.3 Å². The second-order valence-corrected chi connectivity index (χ2v) is 8.76. The standard InChI is InChI=1S/C19H17ClF2N2O6S/c20-14-3-2-13(31(27,28)24-5-7-29-8-6-24)10-17(14)23-18(25)11-30-19(26)12-1-4-15(21)16(22)9-12/h1-4,9-10H,5-8,11H2,(H,23,25). The molecule has 0 aliphatic carbocycles. The number of ether oxygens (including phenoxy) is 2. The monoisotopic (exact) mass is 474 g/mol. The van der Waals surface area contributed by atoms with Gasteiger partial charge in [0.1, 0.15) is 0 Å². The van der Waals surface area contributed by atoms with E-state index in [1.54, 1.807) is 0 Å². The molecule has 8 nitrogen and oxygen atoms in total. The summed E-state index contributed by atoms with van der Waals surface area (Å²) in [6.07, 6.45) is 0. The SMILES string of the molecule is O=C(COC(=O)c1ccc(F)c(F)c1)Nc1cc(S(=O)(=O)N2CCOCC2)ccc1Cl. The summed E-state index contributed by atoms with van der Waals surface area (Å²) in [4.78, 5) is 23.9. The van der Waals surface area contributed by atoms with Crippen LogP contribution in [0, 0.1) is 11.6 Å². The molecular formula is C19H17ClF2N2O6S. The third-order valence-electron chi connectivity index (χ3n) is 4.31. The summed E-state index contributed by atoms with van der Waals surface area (Å²) < 4.78 is 62.8. The Labute approximate surface area is 181 Å². The molecule has 2 aromatic carbocycles. The third-order valence-corrected chi connectivity index (χ3v) is 6.53. The molecule has 0 unspecified atom stereocenters. The maximum Gasteiger partial charge on any atom is 0.338 e. The predicted molar refractivity (Wildman–Crippen MR) is 106 cm³/mol. The van der Waals surface area contributed by atoms with E-state index in [4.69, 9.17) is 21.1 Å². The molecule has 1 aliphatic heterocycles. The number of benzene rings is 2. The number of nitrogens with zero attached hydrogens (tertiary/aromatic N) is 1. The van der Waals surface area contributed by atoms with Gasteiger partial charge < -0.3 is 14.8 Å². The number of rotatable bonds is 6. The first-order valence-corrected chi connectivity index (χ1v) is 10.8. The first kappa shape index (κ1) is 23.1. The van der Waals surface area contributed by atoms with Crippen LogP contribution in [-0.2, 0) is 24.3 Å². The zero-order valence-corrected chi connectivity index (χ0v) is 17.5. The maximum absolute atomic E-state index is 13.2. The van der Waals surface area contributed by atoms with Crippen LogP contribution in [0.3, 0.4) is 0 Å². The van der Waals surface area contributed by atoms with Gasteiger partial charge in [0.15, 0.2) is 18.2 Å². The number of amides is 1. The molecule has 166 valence electrons. The molecule has 2 aromatic rings. The average molecular weight is 475 g/mol. The molecular weight excluding hydrogens is 458 g/mol. The van der Waals surface area contributed by atoms with Crippen LogP contribution in [0.2, 0.25) is 5.02 Å². The van der Waals surface area contributed by atoms with Crippen molar-refractivity contribution in [1.82, 2.24) is 4.31 Å². The molecule has 1 N–H and O–H groups in total. The molecule has 0 spiro atoms. The third kappa shape index (κ3) is 5.56. The molecule has 0 atom stereocenters. The van der Waals surface area contributed by atoms with Crippen LogP contribution in [0.1, 0.15) is 10.4 Å². The fraction of sp³-hybridized carbons (Fsp3) is 0.263. The van der Waals surface area contributed by atoms with Crippen molar-refractivity contribution in [2.24, 2.45) is 0 Å². The number of anilines is 1. The fourth-order valence-corrected chi connectivity index (χ4v) is 4.32. The predicted octanol–water partition coefficient (Wildman–Crippen LogP) is 2.43. The Kier molecular flexibility index (Phi) is 7.21. The topological polar surface area (TPSA) is 102 Å². The lowest BCUT2D eigenvalue weighted by atomic mass is 10.2. The summed E-state index contributed by atoms with van der Waals surface area (Å²) >= 11 is 6.04. The number of sulfonamides is 1. The summed E-state index contributed by atoms with van der Waals surface area (Å²) in [5, 5.41) is 2.43. The van der Waals surface area contributed by atoms with E-state index in [9.17, 15) is 26.8 Å². The van der Waals surface area contributed by atoms with Crippen molar-refractivity contribution in [3.05, 3.63) is 58.6 Å². The Morgan fingerprint density at radius 1 is 1.10 bits per heavy atom. The number of esters is 1. The lowest BCUT2D eigenvalue weighted by molar-refractivity contribution is -0.119. The minimum Gasteiger partial charge on any atom is -0.452 e. The lowest BCUT2D eigenvalue weighted by Gasteiger charge is -2.26. The molecule has 1 amide bonds. The number of nitrogens with one attached hydrogen (secondary N) is 1. The van der Waals surface area contributed by atoms with Crippen molar-refractivity contribution in [3.63, 3.8) is 0 Å². The van der Waals surface area contributed by atoms with E-state index >= 15 is 0 Å². The molecule has 1 heterocycles. The zero-order chi connectivity index (χ0) is 22.6. The molecule has 1 saturated heterocycles. The van der Waals surface area contributed by atoms with Crippen LogP contribution in [0.4, 0.5) is 14.5 Å². The van der Waals surface area contributed by atoms with Gasteiger partial charge in [-0.25, -0.2) is 22.0 Å². The number of hydrogen-bond donors (Lipinski definition) is 1. The second-order valence-electron chi connectivity index (χ2n) is 6.41. The molecule has 0 radical (unpaired) electrons. The molecule has 31 heavy (non-hydrogen) atoms. The fourth-order valence-electron chi connectivity index (χ4n) is 2.72. The molecule has 12 heteroatoms. The first-order valence-electron chi connectivity index (χ1n) is 8.98. The van der Waals surface area contributed by atoms with Crippen LogP contribution in [-0.4, -0.2) is 57.5 Å². The van der Waals surface area contributed by atoms with Crippen molar-refractivity contribution in [1.29, 1.82) is 0 Å². The summed E-state index contributed by atoms with van der Waals surface area (Å²) in [6, 6.07) is 6.24. The van der Waals surface area contributed by atoms with Crippen molar-refractivity contribution in [2.45, 2.75) is 4.90 Å². The Morgan fingerprint density at radius 3 is 2.48 bits per heavy atom. The Balaban J connectivity index is 1.66. The highest BCUT2D eigenvalue weighted by Crippen LogP contribution is 2.27.